The summed E-state index contributed by atoms with van der Waals surface area (Å²) < 4.78 is 0. The van der Waals surface area contributed by atoms with E-state index in [1.165, 1.54) is 5.56 Å². The average molecular weight is 392 g/mol. The van der Waals surface area contributed by atoms with E-state index in [-0.39, 0.29) is 11.8 Å². The second-order valence-electron chi connectivity index (χ2n) is 8.63. The molecule has 0 spiro atoms. The van der Waals surface area contributed by atoms with Gasteiger partial charge < -0.3 is 9.80 Å². The maximum Gasteiger partial charge on any atom is 0.236 e. The monoisotopic (exact) mass is 391 g/mol. The van der Waals surface area contributed by atoms with E-state index in [0.717, 1.165) is 56.6 Å². The van der Waals surface area contributed by atoms with Crippen LogP contribution in [0.25, 0.3) is 10.9 Å². The molecule has 0 saturated carbocycles. The lowest BCUT2D eigenvalue weighted by molar-refractivity contribution is -0.134. The molecule has 2 aromatic rings. The van der Waals surface area contributed by atoms with Crippen LogP contribution in [0.15, 0.2) is 30.5 Å². The largest absolute Gasteiger partial charge is 0.341 e. The van der Waals surface area contributed by atoms with Crippen molar-refractivity contribution in [3.8, 4) is 6.07 Å². The van der Waals surface area contributed by atoms with Crippen LogP contribution in [-0.2, 0) is 4.79 Å². The summed E-state index contributed by atoms with van der Waals surface area (Å²) >= 11 is 0. The normalized spacial score (nSPS) is 23.8. The second kappa shape index (κ2) is 8.48. The third-order valence-corrected chi connectivity index (χ3v) is 6.33. The number of nitriles is 1. The zero-order chi connectivity index (χ0) is 20.4. The van der Waals surface area contributed by atoms with Crippen LogP contribution in [0.2, 0.25) is 0 Å². The summed E-state index contributed by atoms with van der Waals surface area (Å²) in [7, 11) is 2.13. The highest BCUT2D eigenvalue weighted by Gasteiger charge is 2.31. The van der Waals surface area contributed by atoms with E-state index in [1.54, 1.807) is 6.20 Å². The van der Waals surface area contributed by atoms with Crippen molar-refractivity contribution in [2.24, 2.45) is 5.92 Å². The molecule has 152 valence electrons. The minimum absolute atomic E-state index is 0.238. The number of carbonyl (C=O) groups excluding carboxylic acids is 1. The number of nitrogens with zero attached hydrogens (tertiary/aromatic N) is 5. The molecule has 1 aromatic heterocycles. The lowest BCUT2D eigenvalue weighted by Gasteiger charge is -2.39. The van der Waals surface area contributed by atoms with Crippen LogP contribution in [-0.4, -0.2) is 78.5 Å². The van der Waals surface area contributed by atoms with Crippen LogP contribution < -0.4 is 0 Å². The number of benzene rings is 1. The minimum Gasteiger partial charge on any atom is -0.341 e. The number of aromatic nitrogens is 1. The van der Waals surface area contributed by atoms with Crippen molar-refractivity contribution >= 4 is 16.8 Å². The Morgan fingerprint density at radius 1 is 1.21 bits per heavy atom. The lowest BCUT2D eigenvalue weighted by atomic mass is 9.83. The number of likely N-dealkylation sites (tertiary alicyclic amines) is 1. The first-order chi connectivity index (χ1) is 14.0. The van der Waals surface area contributed by atoms with Gasteiger partial charge in [0.1, 0.15) is 6.07 Å². The van der Waals surface area contributed by atoms with Crippen LogP contribution in [0, 0.1) is 17.2 Å². The number of carbonyl (C=O) groups is 1. The molecule has 2 saturated heterocycles. The van der Waals surface area contributed by atoms with Gasteiger partial charge in [0.2, 0.25) is 5.91 Å². The molecule has 1 amide bonds. The maximum atomic E-state index is 13.0. The topological polar surface area (TPSA) is 63.5 Å². The van der Waals surface area contributed by atoms with E-state index in [1.807, 2.05) is 18.2 Å². The SMILES string of the molecule is C[C@@H]1C[C@@H](c2ccc(C#N)c3ncccc23)CN(C(=O)CN2CCN(C)CC2)C1. The highest BCUT2D eigenvalue weighted by atomic mass is 16.2. The summed E-state index contributed by atoms with van der Waals surface area (Å²) in [5, 5.41) is 10.5. The molecule has 0 unspecified atom stereocenters. The Morgan fingerprint density at radius 3 is 2.76 bits per heavy atom. The van der Waals surface area contributed by atoms with Crippen molar-refractivity contribution in [1.29, 1.82) is 5.26 Å². The predicted octanol–water partition coefficient (Wildman–Crippen LogP) is 2.31. The van der Waals surface area contributed by atoms with E-state index >= 15 is 0 Å². The van der Waals surface area contributed by atoms with Crippen molar-refractivity contribution in [2.45, 2.75) is 19.3 Å². The number of hydrogen-bond acceptors (Lipinski definition) is 5. The fourth-order valence-electron chi connectivity index (χ4n) is 4.72. The molecule has 3 heterocycles. The Morgan fingerprint density at radius 2 is 2.00 bits per heavy atom. The molecule has 0 bridgehead atoms. The second-order valence-corrected chi connectivity index (χ2v) is 8.63. The Hall–Kier alpha value is -2.49. The summed E-state index contributed by atoms with van der Waals surface area (Å²) in [5.74, 6) is 0.962. The lowest BCUT2D eigenvalue weighted by Crippen LogP contribution is -2.51. The molecule has 2 aliphatic heterocycles. The number of likely N-dealkylation sites (N-methyl/N-ethyl adjacent to an activating group) is 1. The molecule has 6 heteroatoms. The molecule has 2 aliphatic rings. The summed E-state index contributed by atoms with van der Waals surface area (Å²) in [6.07, 6.45) is 2.79. The Bertz CT molecular complexity index is 929. The van der Waals surface area contributed by atoms with Gasteiger partial charge in [-0.15, -0.1) is 0 Å². The van der Waals surface area contributed by atoms with E-state index in [9.17, 15) is 10.1 Å². The average Bonchev–Trinajstić information content (AvgIpc) is 2.74. The molecule has 29 heavy (non-hydrogen) atoms. The van der Waals surface area contributed by atoms with Crippen LogP contribution in [0.3, 0.4) is 0 Å². The Labute approximate surface area is 172 Å². The Balaban J connectivity index is 1.53. The van der Waals surface area contributed by atoms with Crippen LogP contribution >= 0.6 is 0 Å². The van der Waals surface area contributed by atoms with Crippen LogP contribution in [0.1, 0.15) is 30.4 Å². The minimum atomic E-state index is 0.238. The van der Waals surface area contributed by atoms with Gasteiger partial charge in [-0.1, -0.05) is 19.1 Å². The standard InChI is InChI=1S/C23H29N5O/c1-17-12-19(20-6-5-18(13-24)23-21(20)4-3-7-25-23)15-28(14-17)22(29)16-27-10-8-26(2)9-11-27/h3-7,17,19H,8-12,14-16H2,1-2H3/t17-,19-/m1/s1. The summed E-state index contributed by atoms with van der Waals surface area (Å²) in [6.45, 7) is 8.28. The van der Waals surface area contributed by atoms with Crippen molar-refractivity contribution in [3.63, 3.8) is 0 Å². The van der Waals surface area contributed by atoms with Crippen molar-refractivity contribution in [1.82, 2.24) is 19.7 Å². The maximum absolute atomic E-state index is 13.0. The number of pyridine rings is 1. The van der Waals surface area contributed by atoms with Crippen molar-refractivity contribution in [2.75, 3.05) is 52.9 Å². The quantitative estimate of drug-likeness (QED) is 0.803. The third kappa shape index (κ3) is 4.26. The van der Waals surface area contributed by atoms with E-state index < -0.39 is 0 Å². The number of rotatable bonds is 3. The van der Waals surface area contributed by atoms with Gasteiger partial charge in [-0.25, -0.2) is 0 Å². The molecule has 2 fully saturated rings. The van der Waals surface area contributed by atoms with E-state index in [4.69, 9.17) is 0 Å². The summed E-state index contributed by atoms with van der Waals surface area (Å²) in [6, 6.07) is 10.2. The highest BCUT2D eigenvalue weighted by molar-refractivity contribution is 5.87. The van der Waals surface area contributed by atoms with Gasteiger partial charge in [0.05, 0.1) is 17.6 Å². The van der Waals surface area contributed by atoms with Crippen molar-refractivity contribution < 1.29 is 4.79 Å². The first-order valence-electron chi connectivity index (χ1n) is 10.5. The van der Waals surface area contributed by atoms with Crippen molar-refractivity contribution in [3.05, 3.63) is 41.6 Å². The highest BCUT2D eigenvalue weighted by Crippen LogP contribution is 2.34. The fourth-order valence-corrected chi connectivity index (χ4v) is 4.72. The van der Waals surface area contributed by atoms with E-state index in [2.05, 4.69) is 45.8 Å². The van der Waals surface area contributed by atoms with Crippen LogP contribution in [0.4, 0.5) is 0 Å². The molecule has 0 radical (unpaired) electrons. The molecule has 4 rings (SSSR count). The van der Waals surface area contributed by atoms with Gasteiger partial charge in [0, 0.05) is 56.8 Å². The number of piperazine rings is 1. The van der Waals surface area contributed by atoms with Gasteiger partial charge in [0.25, 0.3) is 0 Å². The van der Waals surface area contributed by atoms with Gasteiger partial charge in [-0.3, -0.25) is 14.7 Å². The van der Waals surface area contributed by atoms with Crippen LogP contribution in [0.5, 0.6) is 0 Å². The smallest absolute Gasteiger partial charge is 0.236 e. The fraction of sp³-hybridized carbons (Fsp3) is 0.522. The molecular weight excluding hydrogens is 362 g/mol. The van der Waals surface area contributed by atoms with Gasteiger partial charge >= 0.3 is 0 Å². The van der Waals surface area contributed by atoms with Gasteiger partial charge in [-0.2, -0.15) is 5.26 Å². The zero-order valence-corrected chi connectivity index (χ0v) is 17.3. The zero-order valence-electron chi connectivity index (χ0n) is 17.3. The number of hydrogen-bond donors (Lipinski definition) is 0. The first-order valence-corrected chi connectivity index (χ1v) is 10.5. The predicted molar refractivity (Wildman–Crippen MR) is 113 cm³/mol. The summed E-state index contributed by atoms with van der Waals surface area (Å²) in [4.78, 5) is 24.1. The molecular formula is C23H29N5O. The molecule has 2 atom stereocenters. The Kier molecular flexibility index (Phi) is 5.79. The summed E-state index contributed by atoms with van der Waals surface area (Å²) in [5.41, 5.74) is 2.58. The first kappa shape index (κ1) is 19.8. The number of amides is 1. The van der Waals surface area contributed by atoms with Gasteiger partial charge in [-0.05, 0) is 37.1 Å². The number of piperidine rings is 1. The molecule has 1 aromatic carbocycles. The molecule has 0 N–H and O–H groups in total. The third-order valence-electron chi connectivity index (χ3n) is 6.33. The number of fused-ring (bicyclic) bond motifs is 1. The molecule has 0 aliphatic carbocycles. The molecule has 6 nitrogen and oxygen atoms in total. The van der Waals surface area contributed by atoms with E-state index in [0.29, 0.717) is 18.0 Å². The van der Waals surface area contributed by atoms with Gasteiger partial charge in [0.15, 0.2) is 0 Å².